The summed E-state index contributed by atoms with van der Waals surface area (Å²) in [4.78, 5) is 2.59. The second-order valence-corrected chi connectivity index (χ2v) is 10.7. The molecular formula is C22H36N2O3S. The van der Waals surface area contributed by atoms with Crippen molar-refractivity contribution in [3.05, 3.63) is 29.8 Å². The van der Waals surface area contributed by atoms with Gasteiger partial charge in [0.05, 0.1) is 12.4 Å². The van der Waals surface area contributed by atoms with Gasteiger partial charge in [-0.3, -0.25) is 4.72 Å². The molecule has 3 rings (SSSR count). The molecule has 2 saturated heterocycles. The van der Waals surface area contributed by atoms with Crippen LogP contribution in [0.25, 0.3) is 0 Å². The van der Waals surface area contributed by atoms with Crippen LogP contribution in [0.5, 0.6) is 0 Å². The van der Waals surface area contributed by atoms with Gasteiger partial charge in [0.2, 0.25) is 10.0 Å². The first-order valence-corrected chi connectivity index (χ1v) is 12.6. The monoisotopic (exact) mass is 408 g/mol. The summed E-state index contributed by atoms with van der Waals surface area (Å²) in [5.41, 5.74) is 1.95. The maximum absolute atomic E-state index is 11.6. The SMILES string of the molecule is C[C@H]1CN(CCCC2CCCCO2)CC[C@]1(C)c1cccc(NS(C)(=O)=O)c1. The van der Waals surface area contributed by atoms with E-state index in [4.69, 9.17) is 4.74 Å². The quantitative estimate of drug-likeness (QED) is 0.741. The fraction of sp³-hybridized carbons (Fsp3) is 0.727. The zero-order chi connectivity index (χ0) is 20.2. The van der Waals surface area contributed by atoms with Gasteiger partial charge >= 0.3 is 0 Å². The van der Waals surface area contributed by atoms with E-state index in [-0.39, 0.29) is 5.41 Å². The predicted octanol–water partition coefficient (Wildman–Crippen LogP) is 4.01. The zero-order valence-corrected chi connectivity index (χ0v) is 18.4. The Kier molecular flexibility index (Phi) is 7.05. The van der Waals surface area contributed by atoms with E-state index in [2.05, 4.69) is 29.5 Å². The van der Waals surface area contributed by atoms with E-state index in [9.17, 15) is 8.42 Å². The van der Waals surface area contributed by atoms with Gasteiger partial charge in [-0.15, -0.1) is 0 Å². The normalized spacial score (nSPS) is 29.5. The number of hydrogen-bond donors (Lipinski definition) is 1. The number of anilines is 1. The van der Waals surface area contributed by atoms with Crippen molar-refractivity contribution < 1.29 is 13.2 Å². The average molecular weight is 409 g/mol. The molecule has 0 spiro atoms. The molecule has 0 aromatic heterocycles. The van der Waals surface area contributed by atoms with Crippen LogP contribution < -0.4 is 4.72 Å². The zero-order valence-electron chi connectivity index (χ0n) is 17.6. The molecule has 2 aliphatic heterocycles. The molecule has 28 heavy (non-hydrogen) atoms. The van der Waals surface area contributed by atoms with Crippen molar-refractivity contribution in [1.29, 1.82) is 0 Å². The van der Waals surface area contributed by atoms with Gasteiger partial charge in [-0.2, -0.15) is 0 Å². The van der Waals surface area contributed by atoms with Crippen LogP contribution >= 0.6 is 0 Å². The first-order chi connectivity index (χ1) is 13.3. The fourth-order valence-corrected chi connectivity index (χ4v) is 5.23. The Morgan fingerprint density at radius 3 is 2.82 bits per heavy atom. The van der Waals surface area contributed by atoms with Gasteiger partial charge in [0.15, 0.2) is 0 Å². The van der Waals surface area contributed by atoms with E-state index in [0.29, 0.717) is 17.7 Å². The molecule has 1 unspecified atom stereocenters. The van der Waals surface area contributed by atoms with Crippen LogP contribution in [0, 0.1) is 5.92 Å². The first kappa shape index (κ1) is 21.6. The van der Waals surface area contributed by atoms with Gasteiger partial charge in [-0.05, 0) is 80.6 Å². The van der Waals surface area contributed by atoms with Crippen molar-refractivity contribution >= 4 is 15.7 Å². The Morgan fingerprint density at radius 1 is 1.32 bits per heavy atom. The summed E-state index contributed by atoms with van der Waals surface area (Å²) in [6, 6.07) is 7.92. The Morgan fingerprint density at radius 2 is 2.14 bits per heavy atom. The van der Waals surface area contributed by atoms with E-state index in [1.807, 2.05) is 18.2 Å². The van der Waals surface area contributed by atoms with Crippen molar-refractivity contribution in [3.63, 3.8) is 0 Å². The first-order valence-electron chi connectivity index (χ1n) is 10.7. The topological polar surface area (TPSA) is 58.6 Å². The highest BCUT2D eigenvalue weighted by atomic mass is 32.2. The average Bonchev–Trinajstić information content (AvgIpc) is 2.64. The van der Waals surface area contributed by atoms with Crippen molar-refractivity contribution in [2.75, 3.05) is 37.2 Å². The van der Waals surface area contributed by atoms with Gasteiger partial charge in [0.1, 0.15) is 0 Å². The Labute approximate surface area is 170 Å². The molecule has 3 atom stereocenters. The minimum atomic E-state index is -3.25. The number of nitrogens with one attached hydrogen (secondary N) is 1. The Hall–Kier alpha value is -1.11. The van der Waals surface area contributed by atoms with Gasteiger partial charge in [0, 0.05) is 18.8 Å². The minimum absolute atomic E-state index is 0.0676. The third-order valence-electron chi connectivity index (χ3n) is 6.67. The van der Waals surface area contributed by atoms with Gasteiger partial charge < -0.3 is 9.64 Å². The van der Waals surface area contributed by atoms with Crippen molar-refractivity contribution in [2.45, 2.75) is 63.9 Å². The van der Waals surface area contributed by atoms with Crippen LogP contribution in [-0.4, -0.2) is 51.9 Å². The molecule has 5 nitrogen and oxygen atoms in total. The highest BCUT2D eigenvalue weighted by Crippen LogP contribution is 2.40. The summed E-state index contributed by atoms with van der Waals surface area (Å²) < 4.78 is 31.6. The molecule has 6 heteroatoms. The molecule has 0 aliphatic carbocycles. The van der Waals surface area contributed by atoms with Crippen LogP contribution in [0.4, 0.5) is 5.69 Å². The second kappa shape index (κ2) is 9.14. The molecule has 1 aromatic carbocycles. The van der Waals surface area contributed by atoms with Gasteiger partial charge in [0.25, 0.3) is 0 Å². The second-order valence-electron chi connectivity index (χ2n) is 8.95. The molecule has 1 aromatic rings. The van der Waals surface area contributed by atoms with Crippen molar-refractivity contribution in [2.24, 2.45) is 5.92 Å². The van der Waals surface area contributed by atoms with Crippen LogP contribution in [0.3, 0.4) is 0 Å². The maximum atomic E-state index is 11.6. The summed E-state index contributed by atoms with van der Waals surface area (Å²) >= 11 is 0. The van der Waals surface area contributed by atoms with Crippen LogP contribution in [0.2, 0.25) is 0 Å². The number of hydrogen-bond acceptors (Lipinski definition) is 4. The third kappa shape index (κ3) is 5.71. The predicted molar refractivity (Wildman–Crippen MR) is 115 cm³/mol. The van der Waals surface area contributed by atoms with Gasteiger partial charge in [-0.25, -0.2) is 8.42 Å². The molecule has 2 aliphatic rings. The molecular weight excluding hydrogens is 372 g/mol. The van der Waals surface area contributed by atoms with Crippen molar-refractivity contribution in [1.82, 2.24) is 4.90 Å². The van der Waals surface area contributed by atoms with E-state index in [1.54, 1.807) is 0 Å². The molecule has 2 heterocycles. The number of ether oxygens (including phenoxy) is 1. The smallest absolute Gasteiger partial charge is 0.229 e. The molecule has 158 valence electrons. The highest BCUT2D eigenvalue weighted by Gasteiger charge is 2.38. The number of nitrogens with zero attached hydrogens (tertiary/aromatic N) is 1. The number of benzene rings is 1. The fourth-order valence-electron chi connectivity index (χ4n) is 4.68. The summed E-state index contributed by atoms with van der Waals surface area (Å²) in [7, 11) is -3.25. The summed E-state index contributed by atoms with van der Waals surface area (Å²) in [5.74, 6) is 0.515. The lowest BCUT2D eigenvalue weighted by Gasteiger charge is -2.45. The number of sulfonamides is 1. The summed E-state index contributed by atoms with van der Waals surface area (Å²) in [6.45, 7) is 8.92. The standard InChI is InChI=1S/C22H36N2O3S/c1-18-17-24(13-7-11-21-10-4-5-15-27-21)14-12-22(18,2)19-8-6-9-20(16-19)23-28(3,25)26/h6,8-9,16,18,21,23H,4-5,7,10-15,17H2,1-3H3/t18-,21?,22-/m0/s1. The minimum Gasteiger partial charge on any atom is -0.378 e. The van der Waals surface area contributed by atoms with E-state index < -0.39 is 10.0 Å². The number of rotatable bonds is 7. The number of likely N-dealkylation sites (tertiary alicyclic amines) is 1. The highest BCUT2D eigenvalue weighted by molar-refractivity contribution is 7.92. The van der Waals surface area contributed by atoms with Crippen LogP contribution in [0.15, 0.2) is 24.3 Å². The molecule has 2 fully saturated rings. The Bertz CT molecular complexity index is 746. The molecule has 0 bridgehead atoms. The lowest BCUT2D eigenvalue weighted by atomic mass is 9.68. The third-order valence-corrected chi connectivity index (χ3v) is 7.27. The maximum Gasteiger partial charge on any atom is 0.229 e. The van der Waals surface area contributed by atoms with Crippen LogP contribution in [0.1, 0.15) is 57.9 Å². The molecule has 0 radical (unpaired) electrons. The largest absolute Gasteiger partial charge is 0.378 e. The van der Waals surface area contributed by atoms with Crippen LogP contribution in [-0.2, 0) is 20.2 Å². The van der Waals surface area contributed by atoms with E-state index in [1.165, 1.54) is 43.9 Å². The number of piperidine rings is 1. The Balaban J connectivity index is 1.55. The summed E-state index contributed by atoms with van der Waals surface area (Å²) in [5, 5.41) is 0. The summed E-state index contributed by atoms with van der Waals surface area (Å²) in [6.07, 6.45) is 8.93. The molecule has 0 amide bonds. The van der Waals surface area contributed by atoms with Gasteiger partial charge in [-0.1, -0.05) is 26.0 Å². The molecule has 1 N–H and O–H groups in total. The van der Waals surface area contributed by atoms with E-state index in [0.717, 1.165) is 32.7 Å². The van der Waals surface area contributed by atoms with Crippen molar-refractivity contribution in [3.8, 4) is 0 Å². The lowest BCUT2D eigenvalue weighted by Crippen LogP contribution is -2.47. The van der Waals surface area contributed by atoms with E-state index >= 15 is 0 Å². The lowest BCUT2D eigenvalue weighted by molar-refractivity contribution is 0.00721. The molecule has 0 saturated carbocycles.